The van der Waals surface area contributed by atoms with Gasteiger partial charge in [-0.3, -0.25) is 0 Å². The van der Waals surface area contributed by atoms with Crippen molar-refractivity contribution in [1.82, 2.24) is 10.3 Å². The van der Waals surface area contributed by atoms with E-state index in [9.17, 15) is 9.18 Å². The molecule has 1 aliphatic heterocycles. The van der Waals surface area contributed by atoms with Crippen LogP contribution in [0.15, 0.2) is 58.9 Å². The second-order valence-electron chi connectivity index (χ2n) is 6.47. The van der Waals surface area contributed by atoms with Crippen molar-refractivity contribution in [3.8, 4) is 17.3 Å². The van der Waals surface area contributed by atoms with Crippen molar-refractivity contribution >= 4 is 23.1 Å². The number of carbonyl (C=O) groups is 1. The van der Waals surface area contributed by atoms with Gasteiger partial charge in [0, 0.05) is 16.7 Å². The summed E-state index contributed by atoms with van der Waals surface area (Å²) < 4.78 is 13.8. The number of benzene rings is 2. The lowest BCUT2D eigenvalue weighted by atomic mass is 9.88. The molecule has 0 spiro atoms. The van der Waals surface area contributed by atoms with Crippen molar-refractivity contribution in [2.75, 3.05) is 0 Å². The lowest BCUT2D eigenvalue weighted by molar-refractivity contribution is 0.243. The molecule has 2 amide bonds. The van der Waals surface area contributed by atoms with Crippen LogP contribution in [-0.2, 0) is 0 Å². The van der Waals surface area contributed by atoms with Gasteiger partial charge in [0.15, 0.2) is 0 Å². The van der Waals surface area contributed by atoms with Crippen LogP contribution in [-0.4, -0.2) is 16.7 Å². The van der Waals surface area contributed by atoms with Crippen molar-refractivity contribution in [2.45, 2.75) is 18.9 Å². The zero-order chi connectivity index (χ0) is 19.7. The van der Waals surface area contributed by atoms with Crippen molar-refractivity contribution in [3.63, 3.8) is 0 Å². The minimum atomic E-state index is -0.444. The topological polar surface area (TPSA) is 78.1 Å². The van der Waals surface area contributed by atoms with Crippen molar-refractivity contribution in [3.05, 3.63) is 75.9 Å². The molecular weight excluding hydrogens is 375 g/mol. The van der Waals surface area contributed by atoms with E-state index in [1.807, 2.05) is 17.5 Å². The predicted molar refractivity (Wildman–Crippen MR) is 106 cm³/mol. The Morgan fingerprint density at radius 1 is 1.21 bits per heavy atom. The van der Waals surface area contributed by atoms with Crippen molar-refractivity contribution < 1.29 is 9.18 Å². The maximum absolute atomic E-state index is 13.8. The molecule has 2 unspecified atom stereocenters. The lowest BCUT2D eigenvalue weighted by Crippen LogP contribution is -2.38. The summed E-state index contributed by atoms with van der Waals surface area (Å²) >= 11 is 1.47. The summed E-state index contributed by atoms with van der Waals surface area (Å²) in [4.78, 5) is 20.8. The number of aromatic nitrogens is 1. The highest BCUT2D eigenvalue weighted by Gasteiger charge is 2.35. The summed E-state index contributed by atoms with van der Waals surface area (Å²) in [6.45, 7) is 1.79. The molecule has 0 radical (unpaired) electrons. The zero-order valence-electron chi connectivity index (χ0n) is 14.9. The molecule has 4 rings (SSSR count). The van der Waals surface area contributed by atoms with E-state index >= 15 is 0 Å². The van der Waals surface area contributed by atoms with Gasteiger partial charge in [0.25, 0.3) is 0 Å². The molecule has 7 heteroatoms. The van der Waals surface area contributed by atoms with Crippen LogP contribution in [0.5, 0.6) is 0 Å². The zero-order valence-corrected chi connectivity index (χ0v) is 15.7. The predicted octanol–water partition coefficient (Wildman–Crippen LogP) is 4.83. The molecule has 0 saturated heterocycles. The highest BCUT2D eigenvalue weighted by molar-refractivity contribution is 7.10. The number of halogens is 1. The molecule has 3 aromatic rings. The van der Waals surface area contributed by atoms with Gasteiger partial charge in [-0.25, -0.2) is 19.2 Å². The van der Waals surface area contributed by atoms with Crippen LogP contribution in [0.1, 0.15) is 35.0 Å². The van der Waals surface area contributed by atoms with Crippen LogP contribution in [0.3, 0.4) is 0 Å². The number of nitrogens with one attached hydrogen (secondary N) is 1. The Bertz CT molecular complexity index is 1110. The molecule has 2 heterocycles. The number of nitriles is 1. The third-order valence-electron chi connectivity index (χ3n) is 4.65. The van der Waals surface area contributed by atoms with E-state index in [1.165, 1.54) is 23.5 Å². The fourth-order valence-electron chi connectivity index (χ4n) is 3.30. The normalized spacial score (nSPS) is 18.9. The van der Waals surface area contributed by atoms with Gasteiger partial charge in [-0.2, -0.15) is 5.26 Å². The molecule has 1 N–H and O–H groups in total. The van der Waals surface area contributed by atoms with Gasteiger partial charge in [0.2, 0.25) is 0 Å². The second kappa shape index (κ2) is 7.33. The molecule has 5 nitrogen and oxygen atoms in total. The molecule has 0 bridgehead atoms. The van der Waals surface area contributed by atoms with Crippen LogP contribution in [0.4, 0.5) is 9.18 Å². The summed E-state index contributed by atoms with van der Waals surface area (Å²) in [6.07, 6.45) is 0. The fourth-order valence-corrected chi connectivity index (χ4v) is 4.32. The molecule has 0 saturated carbocycles. The van der Waals surface area contributed by atoms with Crippen LogP contribution >= 0.6 is 11.3 Å². The molecule has 28 heavy (non-hydrogen) atoms. The van der Waals surface area contributed by atoms with Crippen LogP contribution < -0.4 is 5.32 Å². The van der Waals surface area contributed by atoms with E-state index in [0.29, 0.717) is 16.8 Å². The molecule has 2 atom stereocenters. The van der Waals surface area contributed by atoms with Gasteiger partial charge in [0.05, 0.1) is 29.3 Å². The summed E-state index contributed by atoms with van der Waals surface area (Å²) in [5.41, 5.74) is 3.58. The number of nitrogens with zero attached hydrogens (tertiary/aromatic N) is 3. The third-order valence-corrected chi connectivity index (χ3v) is 5.57. The minimum Gasteiger partial charge on any atom is -0.328 e. The Balaban J connectivity index is 1.72. The van der Waals surface area contributed by atoms with Gasteiger partial charge in [-0.15, -0.1) is 11.3 Å². The fraction of sp³-hybridized carbons (Fsp3) is 0.143. The standard InChI is InChI=1S/C21H15FN4OS/c1-12-18(19(26-21(27)24-12)15-3-2-4-16(22)9-15)20-25-17(11-28-20)14-7-5-13(10-23)6-8-14/h2-9,11,18-19H,1H3,(H,26,27). The first kappa shape index (κ1) is 18.0. The SMILES string of the molecule is CC1=NC(=O)NC(c2cccc(F)c2)C1c1nc(-c2ccc(C#N)cc2)cs1. The molecule has 0 fully saturated rings. The number of rotatable bonds is 3. The second-order valence-corrected chi connectivity index (χ2v) is 7.36. The molecule has 0 aliphatic carbocycles. The van der Waals surface area contributed by atoms with E-state index in [1.54, 1.807) is 31.2 Å². The van der Waals surface area contributed by atoms with Crippen LogP contribution in [0.2, 0.25) is 0 Å². The summed E-state index contributed by atoms with van der Waals surface area (Å²) in [6, 6.07) is 14.6. The Hall–Kier alpha value is -3.37. The highest BCUT2D eigenvalue weighted by atomic mass is 32.1. The Kier molecular flexibility index (Phi) is 4.72. The number of amides is 2. The number of carbonyl (C=O) groups excluding carboxylic acids is 1. The van der Waals surface area contributed by atoms with Gasteiger partial charge in [-0.1, -0.05) is 24.3 Å². The number of aliphatic imine (C=N–C) groups is 1. The minimum absolute atomic E-state index is 0.281. The molecule has 1 aromatic heterocycles. The number of urea groups is 1. The van der Waals surface area contributed by atoms with Gasteiger partial charge in [-0.05, 0) is 36.8 Å². The van der Waals surface area contributed by atoms with Crippen molar-refractivity contribution in [2.24, 2.45) is 4.99 Å². The molecule has 1 aliphatic rings. The first-order valence-corrected chi connectivity index (χ1v) is 9.50. The van der Waals surface area contributed by atoms with E-state index < -0.39 is 12.1 Å². The number of thiazole rings is 1. The van der Waals surface area contributed by atoms with Crippen LogP contribution in [0, 0.1) is 17.1 Å². The van der Waals surface area contributed by atoms with Gasteiger partial charge in [0.1, 0.15) is 10.8 Å². The van der Waals surface area contributed by atoms with E-state index in [0.717, 1.165) is 16.3 Å². The average molecular weight is 390 g/mol. The van der Waals surface area contributed by atoms with Gasteiger partial charge < -0.3 is 5.32 Å². The largest absolute Gasteiger partial charge is 0.341 e. The Morgan fingerprint density at radius 2 is 2.00 bits per heavy atom. The monoisotopic (exact) mass is 390 g/mol. The first-order chi connectivity index (χ1) is 13.5. The van der Waals surface area contributed by atoms with Crippen molar-refractivity contribution in [1.29, 1.82) is 5.26 Å². The Morgan fingerprint density at radius 3 is 2.71 bits per heavy atom. The maximum Gasteiger partial charge on any atom is 0.341 e. The quantitative estimate of drug-likeness (QED) is 0.696. The highest BCUT2D eigenvalue weighted by Crippen LogP contribution is 2.38. The van der Waals surface area contributed by atoms with Gasteiger partial charge >= 0.3 is 6.03 Å². The molecule has 138 valence electrons. The summed E-state index contributed by atoms with van der Waals surface area (Å²) in [7, 11) is 0. The number of hydrogen-bond acceptors (Lipinski definition) is 4. The molecule has 2 aromatic carbocycles. The first-order valence-electron chi connectivity index (χ1n) is 8.62. The van der Waals surface area contributed by atoms with E-state index in [4.69, 9.17) is 10.2 Å². The third kappa shape index (κ3) is 3.42. The summed E-state index contributed by atoms with van der Waals surface area (Å²) in [5.74, 6) is -0.639. The smallest absolute Gasteiger partial charge is 0.328 e. The maximum atomic E-state index is 13.8. The molecular formula is C21H15FN4OS. The number of hydrogen-bond donors (Lipinski definition) is 1. The Labute approximate surface area is 165 Å². The average Bonchev–Trinajstić information content (AvgIpc) is 3.17. The summed E-state index contributed by atoms with van der Waals surface area (Å²) in [5, 5.41) is 14.5. The van der Waals surface area contributed by atoms with Crippen LogP contribution in [0.25, 0.3) is 11.3 Å². The lowest BCUT2D eigenvalue weighted by Gasteiger charge is -2.30. The van der Waals surface area contributed by atoms with E-state index in [2.05, 4.69) is 16.4 Å². The van der Waals surface area contributed by atoms with E-state index in [-0.39, 0.29) is 11.7 Å².